The Hall–Kier alpha value is -1.42. The SMILES string of the molecule is Fc1cccc(CSSCc2cccc(F)c2CC(F)(F)F)c1CC(F)(F)F. The summed E-state index contributed by atoms with van der Waals surface area (Å²) < 4.78 is 103. The normalized spacial score (nSPS) is 12.4. The van der Waals surface area contributed by atoms with Crippen LogP contribution in [-0.4, -0.2) is 12.4 Å². The van der Waals surface area contributed by atoms with Gasteiger partial charge in [0.1, 0.15) is 11.6 Å². The van der Waals surface area contributed by atoms with Gasteiger partial charge in [0.2, 0.25) is 0 Å². The average Bonchev–Trinajstić information content (AvgIpc) is 2.55. The molecule has 0 amide bonds. The molecule has 0 saturated heterocycles. The van der Waals surface area contributed by atoms with Gasteiger partial charge in [0.05, 0.1) is 12.8 Å². The van der Waals surface area contributed by atoms with E-state index in [1.54, 1.807) is 0 Å². The van der Waals surface area contributed by atoms with Crippen molar-refractivity contribution < 1.29 is 35.1 Å². The first-order valence-electron chi connectivity index (χ1n) is 7.87. The van der Waals surface area contributed by atoms with Crippen molar-refractivity contribution in [3.63, 3.8) is 0 Å². The van der Waals surface area contributed by atoms with Crippen LogP contribution in [-0.2, 0) is 24.3 Å². The zero-order valence-electron chi connectivity index (χ0n) is 14.1. The highest BCUT2D eigenvalue weighted by Crippen LogP contribution is 2.35. The summed E-state index contributed by atoms with van der Waals surface area (Å²) in [7, 11) is 2.12. The molecule has 0 aliphatic heterocycles. The molecule has 0 fully saturated rings. The lowest BCUT2D eigenvalue weighted by atomic mass is 10.1. The molecule has 0 radical (unpaired) electrons. The van der Waals surface area contributed by atoms with E-state index in [1.165, 1.54) is 24.3 Å². The Morgan fingerprint density at radius 3 is 1.29 bits per heavy atom. The van der Waals surface area contributed by atoms with E-state index in [0.29, 0.717) is 0 Å². The molecule has 0 aliphatic rings. The number of benzene rings is 2. The second kappa shape index (κ2) is 9.39. The minimum absolute atomic E-state index is 0.0256. The highest BCUT2D eigenvalue weighted by molar-refractivity contribution is 8.76. The maximum atomic E-state index is 13.7. The topological polar surface area (TPSA) is 0 Å². The Kier molecular flexibility index (Phi) is 7.66. The zero-order valence-corrected chi connectivity index (χ0v) is 15.8. The summed E-state index contributed by atoms with van der Waals surface area (Å²) in [5.74, 6) is -1.87. The molecule has 28 heavy (non-hydrogen) atoms. The maximum absolute atomic E-state index is 13.7. The smallest absolute Gasteiger partial charge is 0.207 e. The largest absolute Gasteiger partial charge is 0.393 e. The third-order valence-corrected chi connectivity index (χ3v) is 5.93. The van der Waals surface area contributed by atoms with E-state index >= 15 is 0 Å². The lowest BCUT2D eigenvalue weighted by Gasteiger charge is -2.14. The van der Waals surface area contributed by atoms with Crippen LogP contribution >= 0.6 is 21.6 Å². The lowest BCUT2D eigenvalue weighted by molar-refractivity contribution is -0.128. The van der Waals surface area contributed by atoms with Gasteiger partial charge in [-0.2, -0.15) is 26.3 Å². The van der Waals surface area contributed by atoms with Gasteiger partial charge in [0.25, 0.3) is 0 Å². The second-order valence-electron chi connectivity index (χ2n) is 5.86. The molecule has 0 atom stereocenters. The van der Waals surface area contributed by atoms with Crippen molar-refractivity contribution in [3.05, 3.63) is 70.3 Å². The molecule has 0 N–H and O–H groups in total. The van der Waals surface area contributed by atoms with Crippen molar-refractivity contribution in [2.24, 2.45) is 0 Å². The van der Waals surface area contributed by atoms with Crippen LogP contribution in [0.5, 0.6) is 0 Å². The summed E-state index contributed by atoms with van der Waals surface area (Å²) in [6.07, 6.45) is -11.9. The lowest BCUT2D eigenvalue weighted by Crippen LogP contribution is -2.14. The molecule has 2 rings (SSSR count). The fraction of sp³-hybridized carbons (Fsp3) is 0.333. The average molecular weight is 446 g/mol. The van der Waals surface area contributed by atoms with Crippen LogP contribution in [0.15, 0.2) is 36.4 Å². The number of hydrogen-bond acceptors (Lipinski definition) is 2. The van der Waals surface area contributed by atoms with E-state index < -0.39 is 48.0 Å². The third-order valence-electron chi connectivity index (χ3n) is 3.70. The maximum Gasteiger partial charge on any atom is 0.393 e. The fourth-order valence-electron chi connectivity index (χ4n) is 2.48. The predicted octanol–water partition coefficient (Wildman–Crippen LogP) is 7.26. The molecule has 0 bridgehead atoms. The van der Waals surface area contributed by atoms with E-state index in [9.17, 15) is 35.1 Å². The highest BCUT2D eigenvalue weighted by atomic mass is 33.1. The molecule has 0 aliphatic carbocycles. The van der Waals surface area contributed by atoms with Crippen molar-refractivity contribution in [3.8, 4) is 0 Å². The number of hydrogen-bond donors (Lipinski definition) is 0. The minimum Gasteiger partial charge on any atom is -0.207 e. The van der Waals surface area contributed by atoms with Crippen LogP contribution in [0.25, 0.3) is 0 Å². The predicted molar refractivity (Wildman–Crippen MR) is 94.9 cm³/mol. The Balaban J connectivity index is 2.03. The van der Waals surface area contributed by atoms with Gasteiger partial charge >= 0.3 is 12.4 Å². The second-order valence-corrected chi connectivity index (χ2v) is 8.33. The number of rotatable bonds is 7. The Bertz CT molecular complexity index is 732. The first kappa shape index (κ1) is 22.9. The van der Waals surface area contributed by atoms with E-state index in [4.69, 9.17) is 0 Å². The summed E-state index contributed by atoms with van der Waals surface area (Å²) in [4.78, 5) is 0. The Morgan fingerprint density at radius 1 is 0.607 bits per heavy atom. The summed E-state index contributed by atoms with van der Waals surface area (Å²) in [6, 6.07) is 7.22. The summed E-state index contributed by atoms with van der Waals surface area (Å²) in [6.45, 7) is 0. The fourth-order valence-corrected chi connectivity index (χ4v) is 4.71. The van der Waals surface area contributed by atoms with E-state index in [2.05, 4.69) is 0 Å². The molecule has 154 valence electrons. The van der Waals surface area contributed by atoms with Crippen molar-refractivity contribution in [2.75, 3.05) is 0 Å². The van der Waals surface area contributed by atoms with Gasteiger partial charge in [-0.3, -0.25) is 0 Å². The molecular weight excluding hydrogens is 432 g/mol. The molecule has 0 nitrogen and oxygen atoms in total. The van der Waals surface area contributed by atoms with Gasteiger partial charge in [-0.15, -0.1) is 0 Å². The van der Waals surface area contributed by atoms with Crippen LogP contribution in [0.3, 0.4) is 0 Å². The van der Waals surface area contributed by atoms with Gasteiger partial charge in [-0.1, -0.05) is 45.9 Å². The van der Waals surface area contributed by atoms with E-state index in [-0.39, 0.29) is 22.6 Å². The zero-order chi connectivity index (χ0) is 20.9. The van der Waals surface area contributed by atoms with Crippen LogP contribution in [0, 0.1) is 11.6 Å². The number of alkyl halides is 6. The number of halogens is 8. The standard InChI is InChI=1S/C18H14F8S2/c19-15-5-1-3-11(13(15)7-17(21,22)23)9-27-28-10-12-4-2-6-16(20)14(12)8-18(24,25)26/h1-6H,7-10H2. The van der Waals surface area contributed by atoms with Crippen molar-refractivity contribution in [1.82, 2.24) is 0 Å². The van der Waals surface area contributed by atoms with Crippen LogP contribution in [0.1, 0.15) is 22.3 Å². The molecule has 0 spiro atoms. The van der Waals surface area contributed by atoms with E-state index in [1.807, 2.05) is 0 Å². The van der Waals surface area contributed by atoms with Crippen molar-refractivity contribution in [1.29, 1.82) is 0 Å². The van der Waals surface area contributed by atoms with Gasteiger partial charge in [0, 0.05) is 22.6 Å². The quantitative estimate of drug-likeness (QED) is 0.250. The highest BCUT2D eigenvalue weighted by Gasteiger charge is 2.31. The molecule has 0 heterocycles. The van der Waals surface area contributed by atoms with Crippen LogP contribution < -0.4 is 0 Å². The van der Waals surface area contributed by atoms with Crippen molar-refractivity contribution >= 4 is 21.6 Å². The summed E-state index contributed by atoms with van der Waals surface area (Å²) >= 11 is 0. The van der Waals surface area contributed by atoms with Gasteiger partial charge in [0.15, 0.2) is 0 Å². The Labute approximate surface area is 164 Å². The molecular formula is C18H14F8S2. The first-order valence-corrected chi connectivity index (χ1v) is 10.4. The molecule has 0 unspecified atom stereocenters. The molecule has 0 aromatic heterocycles. The van der Waals surface area contributed by atoms with Gasteiger partial charge in [-0.05, 0) is 23.3 Å². The first-order chi connectivity index (χ1) is 13.0. The van der Waals surface area contributed by atoms with Crippen LogP contribution in [0.2, 0.25) is 0 Å². The summed E-state index contributed by atoms with van der Waals surface area (Å²) in [5, 5.41) is 0. The third kappa shape index (κ3) is 7.20. The molecule has 10 heteroatoms. The molecule has 2 aromatic rings. The summed E-state index contributed by atoms with van der Waals surface area (Å²) in [5.41, 5.74) is -0.590. The molecule has 2 aromatic carbocycles. The molecule has 0 saturated carbocycles. The monoisotopic (exact) mass is 446 g/mol. The van der Waals surface area contributed by atoms with E-state index in [0.717, 1.165) is 33.7 Å². The van der Waals surface area contributed by atoms with Gasteiger partial charge in [-0.25, -0.2) is 8.78 Å². The van der Waals surface area contributed by atoms with Crippen LogP contribution in [0.4, 0.5) is 35.1 Å². The minimum atomic E-state index is -4.57. The Morgan fingerprint density at radius 2 is 0.964 bits per heavy atom. The van der Waals surface area contributed by atoms with Crippen molar-refractivity contribution in [2.45, 2.75) is 36.7 Å². The van der Waals surface area contributed by atoms with Gasteiger partial charge < -0.3 is 0 Å².